The minimum absolute atomic E-state index is 0.0923. The van der Waals surface area contributed by atoms with E-state index in [1.54, 1.807) is 24.9 Å². The van der Waals surface area contributed by atoms with Crippen LogP contribution < -0.4 is 14.8 Å². The van der Waals surface area contributed by atoms with E-state index in [9.17, 15) is 9.59 Å². The quantitative estimate of drug-likeness (QED) is 0.170. The van der Waals surface area contributed by atoms with Crippen LogP contribution in [0.15, 0.2) is 30.3 Å². The summed E-state index contributed by atoms with van der Waals surface area (Å²) in [5.74, 6) is 1.02. The first kappa shape index (κ1) is 33.8. The molecular formula is C36H44ClN3O5S. The maximum absolute atomic E-state index is 14.0. The lowest BCUT2D eigenvalue weighted by Gasteiger charge is -2.21. The Labute approximate surface area is 280 Å². The third-order valence-corrected chi connectivity index (χ3v) is 9.74. The number of rotatable bonds is 10. The lowest BCUT2D eigenvalue weighted by molar-refractivity contribution is -0.155. The number of aryl methyl sites for hydroxylation is 3. The fraction of sp³-hybridized carbons (Fsp3) is 0.472. The minimum atomic E-state index is -0.648. The molecule has 1 fully saturated rings. The van der Waals surface area contributed by atoms with E-state index in [4.69, 9.17) is 30.8 Å². The SMILES string of the molecule is COc1cc(-c2nc(NC(=O)c3cc4cc(C)cc(C)c4n3CC(=O)OC(C)(C)C)sc2CCC2CCCCC2)c(OC)cc1Cl. The fourth-order valence-corrected chi connectivity index (χ4v) is 7.69. The first-order chi connectivity index (χ1) is 21.9. The Morgan fingerprint density at radius 1 is 1.02 bits per heavy atom. The maximum atomic E-state index is 14.0. The highest BCUT2D eigenvalue weighted by Crippen LogP contribution is 2.43. The summed E-state index contributed by atoms with van der Waals surface area (Å²) in [6, 6.07) is 9.49. The van der Waals surface area contributed by atoms with Gasteiger partial charge in [-0.05, 0) is 77.1 Å². The Kier molecular flexibility index (Phi) is 10.3. The molecule has 1 N–H and O–H groups in total. The van der Waals surface area contributed by atoms with E-state index in [1.807, 2.05) is 52.8 Å². The number of aromatic nitrogens is 2. The number of hydrogen-bond acceptors (Lipinski definition) is 7. The highest BCUT2D eigenvalue weighted by Gasteiger charge is 2.26. The predicted molar refractivity (Wildman–Crippen MR) is 186 cm³/mol. The zero-order valence-corrected chi connectivity index (χ0v) is 29.4. The van der Waals surface area contributed by atoms with Crippen molar-refractivity contribution in [2.24, 2.45) is 5.92 Å². The second kappa shape index (κ2) is 14.1. The fourth-order valence-electron chi connectivity index (χ4n) is 6.48. The summed E-state index contributed by atoms with van der Waals surface area (Å²) in [5.41, 5.74) is 4.08. The van der Waals surface area contributed by atoms with Gasteiger partial charge in [0.15, 0.2) is 5.13 Å². The lowest BCUT2D eigenvalue weighted by atomic mass is 9.86. The number of amides is 1. The number of carbonyl (C=O) groups excluding carboxylic acids is 2. The number of carbonyl (C=O) groups is 2. The standard InChI is InChI=1S/C36H44ClN3O5S/c1-21-15-22(2)33-24(16-21)17-27(40(33)20-31(41)45-36(3,4)5)34(42)39-35-38-32(25-18-29(44-7)26(37)19-28(25)43-6)30(46-35)14-13-23-11-9-8-10-12-23/h15-19,23H,8-14,20H2,1-7H3,(H,38,39,42). The van der Waals surface area contributed by atoms with Gasteiger partial charge in [-0.3, -0.25) is 14.9 Å². The van der Waals surface area contributed by atoms with Gasteiger partial charge in [-0.2, -0.15) is 0 Å². The van der Waals surface area contributed by atoms with Crippen molar-refractivity contribution in [3.05, 3.63) is 57.1 Å². The molecule has 1 aliphatic rings. The Morgan fingerprint density at radius 3 is 2.41 bits per heavy atom. The van der Waals surface area contributed by atoms with Crippen molar-refractivity contribution in [3.63, 3.8) is 0 Å². The van der Waals surface area contributed by atoms with Gasteiger partial charge < -0.3 is 18.8 Å². The van der Waals surface area contributed by atoms with Crippen LogP contribution in [0.5, 0.6) is 11.5 Å². The number of fused-ring (bicyclic) bond motifs is 1. The first-order valence-electron chi connectivity index (χ1n) is 15.9. The highest BCUT2D eigenvalue weighted by molar-refractivity contribution is 7.16. The number of esters is 1. The van der Waals surface area contributed by atoms with Crippen LogP contribution in [0.3, 0.4) is 0 Å². The molecule has 0 radical (unpaired) electrons. The second-order valence-electron chi connectivity index (χ2n) is 13.2. The lowest BCUT2D eigenvalue weighted by Crippen LogP contribution is -2.28. The summed E-state index contributed by atoms with van der Waals surface area (Å²) in [7, 11) is 3.18. The number of anilines is 1. The number of nitrogens with one attached hydrogen (secondary N) is 1. The zero-order valence-electron chi connectivity index (χ0n) is 27.8. The molecule has 1 saturated carbocycles. The summed E-state index contributed by atoms with van der Waals surface area (Å²) in [6.45, 7) is 9.41. The monoisotopic (exact) mass is 665 g/mol. The van der Waals surface area contributed by atoms with Crippen LogP contribution in [-0.4, -0.2) is 41.2 Å². The highest BCUT2D eigenvalue weighted by atomic mass is 35.5. The molecule has 0 bridgehead atoms. The van der Waals surface area contributed by atoms with Crippen molar-refractivity contribution in [1.82, 2.24) is 9.55 Å². The van der Waals surface area contributed by atoms with Gasteiger partial charge in [-0.25, -0.2) is 4.98 Å². The third kappa shape index (κ3) is 7.69. The smallest absolute Gasteiger partial charge is 0.326 e. The van der Waals surface area contributed by atoms with Crippen molar-refractivity contribution in [1.29, 1.82) is 0 Å². The number of ether oxygens (including phenoxy) is 3. The predicted octanol–water partition coefficient (Wildman–Crippen LogP) is 9.16. The topological polar surface area (TPSA) is 91.7 Å². The van der Waals surface area contributed by atoms with Crippen LogP contribution in [-0.2, 0) is 22.5 Å². The van der Waals surface area contributed by atoms with Crippen LogP contribution in [0.2, 0.25) is 5.02 Å². The van der Waals surface area contributed by atoms with Crippen LogP contribution in [0.25, 0.3) is 22.2 Å². The van der Waals surface area contributed by atoms with Crippen molar-refractivity contribution in [2.45, 2.75) is 91.7 Å². The maximum Gasteiger partial charge on any atom is 0.326 e. The molecule has 0 spiro atoms. The second-order valence-corrected chi connectivity index (χ2v) is 14.7. The normalized spacial score (nSPS) is 14.0. The van der Waals surface area contributed by atoms with E-state index in [2.05, 4.69) is 11.4 Å². The summed E-state index contributed by atoms with van der Waals surface area (Å²) >= 11 is 7.91. The molecule has 2 heterocycles. The van der Waals surface area contributed by atoms with Crippen LogP contribution in [0.4, 0.5) is 5.13 Å². The summed E-state index contributed by atoms with van der Waals surface area (Å²) in [4.78, 5) is 33.0. The molecule has 10 heteroatoms. The van der Waals surface area contributed by atoms with E-state index in [0.717, 1.165) is 51.0 Å². The minimum Gasteiger partial charge on any atom is -0.496 e. The Morgan fingerprint density at radius 2 is 1.74 bits per heavy atom. The molecule has 5 rings (SSSR count). The van der Waals surface area contributed by atoms with Gasteiger partial charge in [0, 0.05) is 21.9 Å². The molecule has 0 atom stereocenters. The van der Waals surface area contributed by atoms with Crippen molar-refractivity contribution in [2.75, 3.05) is 19.5 Å². The zero-order chi connectivity index (χ0) is 33.2. The molecule has 46 heavy (non-hydrogen) atoms. The molecule has 0 saturated heterocycles. The van der Waals surface area contributed by atoms with Gasteiger partial charge in [0.2, 0.25) is 0 Å². The molecule has 246 valence electrons. The van der Waals surface area contributed by atoms with Crippen molar-refractivity contribution < 1.29 is 23.8 Å². The summed E-state index contributed by atoms with van der Waals surface area (Å²) in [5, 5.41) is 4.86. The number of hydrogen-bond donors (Lipinski definition) is 1. The Bertz CT molecular complexity index is 1750. The van der Waals surface area contributed by atoms with E-state index < -0.39 is 11.6 Å². The summed E-state index contributed by atoms with van der Waals surface area (Å²) < 4.78 is 18.6. The van der Waals surface area contributed by atoms with E-state index in [0.29, 0.717) is 33.3 Å². The van der Waals surface area contributed by atoms with Gasteiger partial charge in [0.05, 0.1) is 30.5 Å². The molecule has 0 aliphatic heterocycles. The molecule has 1 amide bonds. The molecule has 1 aliphatic carbocycles. The van der Waals surface area contributed by atoms with Gasteiger partial charge in [-0.15, -0.1) is 11.3 Å². The molecule has 8 nitrogen and oxygen atoms in total. The van der Waals surface area contributed by atoms with E-state index >= 15 is 0 Å². The number of nitrogens with zero attached hydrogens (tertiary/aromatic N) is 2. The molecular weight excluding hydrogens is 622 g/mol. The number of methoxy groups -OCH3 is 2. The Balaban J connectivity index is 1.53. The Hall–Kier alpha value is -3.56. The summed E-state index contributed by atoms with van der Waals surface area (Å²) in [6.07, 6.45) is 8.25. The third-order valence-electron chi connectivity index (χ3n) is 8.42. The number of thiazole rings is 1. The molecule has 0 unspecified atom stereocenters. The molecule has 4 aromatic rings. The molecule has 2 aromatic heterocycles. The number of halogens is 1. The van der Waals surface area contributed by atoms with Crippen LogP contribution in [0.1, 0.15) is 85.8 Å². The number of benzene rings is 2. The van der Waals surface area contributed by atoms with Gasteiger partial charge in [-0.1, -0.05) is 55.3 Å². The largest absolute Gasteiger partial charge is 0.496 e. The van der Waals surface area contributed by atoms with Gasteiger partial charge in [0.1, 0.15) is 29.3 Å². The van der Waals surface area contributed by atoms with E-state index in [-0.39, 0.29) is 12.5 Å². The average Bonchev–Trinajstić information content (AvgIpc) is 3.56. The van der Waals surface area contributed by atoms with Crippen LogP contribution in [0, 0.1) is 19.8 Å². The van der Waals surface area contributed by atoms with Crippen molar-refractivity contribution in [3.8, 4) is 22.8 Å². The van der Waals surface area contributed by atoms with E-state index in [1.165, 1.54) is 43.4 Å². The average molecular weight is 666 g/mol. The first-order valence-corrected chi connectivity index (χ1v) is 17.1. The van der Waals surface area contributed by atoms with Gasteiger partial charge >= 0.3 is 5.97 Å². The van der Waals surface area contributed by atoms with Gasteiger partial charge in [0.25, 0.3) is 5.91 Å². The van der Waals surface area contributed by atoms with Crippen molar-refractivity contribution >= 4 is 50.8 Å². The van der Waals surface area contributed by atoms with Crippen LogP contribution >= 0.6 is 22.9 Å². The molecule has 2 aromatic carbocycles.